The molecule has 0 radical (unpaired) electrons. The molecule has 2 N–H and O–H groups in total. The van der Waals surface area contributed by atoms with Gasteiger partial charge in [0.25, 0.3) is 0 Å². The molecule has 1 heterocycles. The van der Waals surface area contributed by atoms with Gasteiger partial charge in [0.05, 0.1) is 12.6 Å². The Morgan fingerprint density at radius 2 is 2.36 bits per heavy atom. The average Bonchev–Trinajstić information content (AvgIpc) is 2.29. The van der Waals surface area contributed by atoms with Gasteiger partial charge in [-0.15, -0.1) is 6.58 Å². The van der Waals surface area contributed by atoms with Crippen LogP contribution in [0.15, 0.2) is 12.7 Å². The molecule has 11 heavy (non-hydrogen) atoms. The van der Waals surface area contributed by atoms with Gasteiger partial charge in [-0.05, 0) is 13.8 Å². The van der Waals surface area contributed by atoms with Crippen molar-refractivity contribution in [3.63, 3.8) is 0 Å². The maximum Gasteiger partial charge on any atom is 0.163 e. The van der Waals surface area contributed by atoms with Crippen LogP contribution in [0.2, 0.25) is 0 Å². The topological polar surface area (TPSA) is 44.5 Å². The van der Waals surface area contributed by atoms with Crippen molar-refractivity contribution in [1.29, 1.82) is 0 Å². The number of ether oxygens (including phenoxy) is 2. The van der Waals surface area contributed by atoms with E-state index in [-0.39, 0.29) is 12.1 Å². The maximum absolute atomic E-state index is 5.68. The Balaban J connectivity index is 2.47. The number of nitrogens with two attached hydrogens (primary N) is 1. The molecule has 1 saturated heterocycles. The van der Waals surface area contributed by atoms with Crippen LogP contribution >= 0.6 is 0 Å². The summed E-state index contributed by atoms with van der Waals surface area (Å²) < 4.78 is 10.8. The summed E-state index contributed by atoms with van der Waals surface area (Å²) in [6, 6.07) is -0.128. The summed E-state index contributed by atoms with van der Waals surface area (Å²) in [5, 5.41) is 0. The van der Waals surface area contributed by atoms with E-state index in [1.54, 1.807) is 6.08 Å². The summed E-state index contributed by atoms with van der Waals surface area (Å²) in [4.78, 5) is 0. The Morgan fingerprint density at radius 1 is 1.73 bits per heavy atom. The second kappa shape index (κ2) is 2.93. The zero-order chi connectivity index (χ0) is 8.48. The Kier molecular flexibility index (Phi) is 2.32. The third kappa shape index (κ3) is 2.02. The minimum Gasteiger partial charge on any atom is -0.348 e. The first-order valence-electron chi connectivity index (χ1n) is 3.75. The molecule has 1 fully saturated rings. The largest absolute Gasteiger partial charge is 0.348 e. The molecule has 0 aromatic heterocycles. The van der Waals surface area contributed by atoms with Crippen LogP contribution in [0, 0.1) is 0 Å². The third-order valence-corrected chi connectivity index (χ3v) is 1.73. The molecule has 0 aromatic rings. The van der Waals surface area contributed by atoms with Crippen LogP contribution in [0.25, 0.3) is 0 Å². The molecule has 1 unspecified atom stereocenters. The predicted octanol–water partition coefficient (Wildman–Crippen LogP) is 0.651. The molecule has 1 rings (SSSR count). The first kappa shape index (κ1) is 8.71. The Bertz CT molecular complexity index is 156. The number of hydrogen-bond acceptors (Lipinski definition) is 3. The maximum atomic E-state index is 5.68. The van der Waals surface area contributed by atoms with Gasteiger partial charge in [-0.3, -0.25) is 0 Å². The van der Waals surface area contributed by atoms with Crippen LogP contribution in [0.1, 0.15) is 13.8 Å². The fourth-order valence-electron chi connectivity index (χ4n) is 1.06. The molecule has 3 heteroatoms. The quantitative estimate of drug-likeness (QED) is 0.598. The standard InChI is InChI=1S/C8H15NO2/c1-4-6(9)7-5-10-8(2,3)11-7/h4,6-7H,1,5,9H2,2-3H3/t6?,7-/m0/s1. The summed E-state index contributed by atoms with van der Waals surface area (Å²) in [5.74, 6) is -0.481. The van der Waals surface area contributed by atoms with Crippen LogP contribution in [0.4, 0.5) is 0 Å². The SMILES string of the molecule is C=CC(N)[C@@H]1COC(C)(C)O1. The first-order chi connectivity index (χ1) is 5.05. The second-order valence-electron chi connectivity index (χ2n) is 3.18. The summed E-state index contributed by atoms with van der Waals surface area (Å²) in [6.45, 7) is 7.90. The minimum atomic E-state index is -0.481. The van der Waals surface area contributed by atoms with E-state index in [1.165, 1.54) is 0 Å². The summed E-state index contributed by atoms with van der Waals surface area (Å²) in [7, 11) is 0. The van der Waals surface area contributed by atoms with Gasteiger partial charge in [0.2, 0.25) is 0 Å². The average molecular weight is 157 g/mol. The van der Waals surface area contributed by atoms with E-state index >= 15 is 0 Å². The van der Waals surface area contributed by atoms with Crippen LogP contribution in [0.3, 0.4) is 0 Å². The van der Waals surface area contributed by atoms with E-state index in [2.05, 4.69) is 6.58 Å². The lowest BCUT2D eigenvalue weighted by Crippen LogP contribution is -2.35. The van der Waals surface area contributed by atoms with Gasteiger partial charge >= 0.3 is 0 Å². The number of rotatable bonds is 2. The fraction of sp³-hybridized carbons (Fsp3) is 0.750. The van der Waals surface area contributed by atoms with Crippen molar-refractivity contribution in [2.45, 2.75) is 31.8 Å². The van der Waals surface area contributed by atoms with Crippen LogP contribution in [0.5, 0.6) is 0 Å². The van der Waals surface area contributed by atoms with Crippen molar-refractivity contribution in [1.82, 2.24) is 0 Å². The molecule has 64 valence electrons. The minimum absolute atomic E-state index is 0.0394. The molecule has 1 aliphatic heterocycles. The van der Waals surface area contributed by atoms with Gasteiger partial charge in [0.1, 0.15) is 6.10 Å². The molecular weight excluding hydrogens is 142 g/mol. The molecule has 2 atom stereocenters. The van der Waals surface area contributed by atoms with Gasteiger partial charge in [-0.1, -0.05) is 6.08 Å². The van der Waals surface area contributed by atoms with Gasteiger partial charge in [0.15, 0.2) is 5.79 Å². The van der Waals surface area contributed by atoms with Crippen LogP contribution in [-0.4, -0.2) is 24.5 Å². The van der Waals surface area contributed by atoms with E-state index in [9.17, 15) is 0 Å². The van der Waals surface area contributed by atoms with E-state index < -0.39 is 5.79 Å². The smallest absolute Gasteiger partial charge is 0.163 e. The first-order valence-corrected chi connectivity index (χ1v) is 3.75. The molecule has 0 amide bonds. The lowest BCUT2D eigenvalue weighted by Gasteiger charge is -2.18. The van der Waals surface area contributed by atoms with Crippen molar-refractivity contribution in [3.8, 4) is 0 Å². The van der Waals surface area contributed by atoms with E-state index in [1.807, 2.05) is 13.8 Å². The van der Waals surface area contributed by atoms with Gasteiger partial charge in [0, 0.05) is 0 Å². The highest BCUT2D eigenvalue weighted by Crippen LogP contribution is 2.23. The summed E-state index contributed by atoms with van der Waals surface area (Å²) >= 11 is 0. The summed E-state index contributed by atoms with van der Waals surface area (Å²) in [6.07, 6.45) is 1.64. The molecule has 0 spiro atoms. The molecule has 0 aromatic carbocycles. The normalized spacial score (nSPS) is 31.7. The molecule has 3 nitrogen and oxygen atoms in total. The zero-order valence-electron chi connectivity index (χ0n) is 7.04. The Labute approximate surface area is 67.2 Å². The van der Waals surface area contributed by atoms with Gasteiger partial charge in [-0.25, -0.2) is 0 Å². The molecule has 0 aliphatic carbocycles. The summed E-state index contributed by atoms with van der Waals surface area (Å²) in [5.41, 5.74) is 5.68. The molecule has 1 aliphatic rings. The van der Waals surface area contributed by atoms with Gasteiger partial charge in [-0.2, -0.15) is 0 Å². The lowest BCUT2D eigenvalue weighted by atomic mass is 10.2. The van der Waals surface area contributed by atoms with E-state index in [0.717, 1.165) is 0 Å². The van der Waals surface area contributed by atoms with Crippen molar-refractivity contribution < 1.29 is 9.47 Å². The van der Waals surface area contributed by atoms with Gasteiger partial charge < -0.3 is 15.2 Å². The highest BCUT2D eigenvalue weighted by atomic mass is 16.7. The second-order valence-corrected chi connectivity index (χ2v) is 3.18. The van der Waals surface area contributed by atoms with Crippen LogP contribution in [-0.2, 0) is 9.47 Å². The predicted molar refractivity (Wildman–Crippen MR) is 43.1 cm³/mol. The van der Waals surface area contributed by atoms with Crippen molar-refractivity contribution in [2.24, 2.45) is 5.73 Å². The molecule has 0 saturated carbocycles. The highest BCUT2D eigenvalue weighted by molar-refractivity contribution is 4.92. The van der Waals surface area contributed by atoms with Crippen molar-refractivity contribution >= 4 is 0 Å². The van der Waals surface area contributed by atoms with E-state index in [4.69, 9.17) is 15.2 Å². The molecule has 0 bridgehead atoms. The highest BCUT2D eigenvalue weighted by Gasteiger charge is 2.34. The fourth-order valence-corrected chi connectivity index (χ4v) is 1.06. The van der Waals surface area contributed by atoms with Crippen molar-refractivity contribution in [3.05, 3.63) is 12.7 Å². The lowest BCUT2D eigenvalue weighted by molar-refractivity contribution is -0.139. The third-order valence-electron chi connectivity index (χ3n) is 1.73. The molecular formula is C8H15NO2. The number of hydrogen-bond donors (Lipinski definition) is 1. The Hall–Kier alpha value is -0.380. The zero-order valence-corrected chi connectivity index (χ0v) is 7.04. The van der Waals surface area contributed by atoms with Crippen molar-refractivity contribution in [2.75, 3.05) is 6.61 Å². The Morgan fingerprint density at radius 3 is 2.73 bits per heavy atom. The van der Waals surface area contributed by atoms with Crippen LogP contribution < -0.4 is 5.73 Å². The van der Waals surface area contributed by atoms with E-state index in [0.29, 0.717) is 6.61 Å². The monoisotopic (exact) mass is 157 g/mol.